The Bertz CT molecular complexity index is 204. The van der Waals surface area contributed by atoms with Gasteiger partial charge in [-0.1, -0.05) is 58.1 Å². The highest BCUT2D eigenvalue weighted by atomic mass is 14.0. The standard InChI is InChI=1S/C13H22.C2H6/c1-6-12(5)10-13(7-2)9-8-11(3)4;1-2/h6-7,10-11H,2,8-9H2,1,3-5H3;1-2H3/b12-6-,13-10+;. The van der Waals surface area contributed by atoms with E-state index < -0.39 is 0 Å². The predicted molar refractivity (Wildman–Crippen MR) is 73.1 cm³/mol. The third-order valence-electron chi connectivity index (χ3n) is 2.14. The van der Waals surface area contributed by atoms with E-state index >= 15 is 0 Å². The Hall–Kier alpha value is -0.780. The molecule has 0 atom stereocenters. The molecule has 0 saturated heterocycles. The van der Waals surface area contributed by atoms with E-state index in [1.165, 1.54) is 17.6 Å². The maximum atomic E-state index is 3.83. The lowest BCUT2D eigenvalue weighted by Crippen LogP contribution is -1.88. The van der Waals surface area contributed by atoms with Crippen molar-refractivity contribution in [3.8, 4) is 0 Å². The minimum Gasteiger partial charge on any atom is -0.0988 e. The summed E-state index contributed by atoms with van der Waals surface area (Å²) in [5, 5.41) is 0. The highest BCUT2D eigenvalue weighted by Crippen LogP contribution is 2.14. The molecule has 0 aromatic carbocycles. The van der Waals surface area contributed by atoms with Crippen molar-refractivity contribution in [2.24, 2.45) is 5.92 Å². The van der Waals surface area contributed by atoms with Crippen LogP contribution in [0, 0.1) is 5.92 Å². The Morgan fingerprint density at radius 2 is 1.80 bits per heavy atom. The molecule has 0 nitrogen and oxygen atoms in total. The van der Waals surface area contributed by atoms with E-state index in [1.54, 1.807) is 0 Å². The number of allylic oxidation sites excluding steroid dienone is 5. The van der Waals surface area contributed by atoms with Crippen LogP contribution in [0.15, 0.2) is 36.0 Å². The smallest absolute Gasteiger partial charge is 0.0277 e. The van der Waals surface area contributed by atoms with Crippen molar-refractivity contribution in [2.45, 2.75) is 54.4 Å². The van der Waals surface area contributed by atoms with Gasteiger partial charge in [-0.15, -0.1) is 0 Å². The topological polar surface area (TPSA) is 0 Å². The van der Waals surface area contributed by atoms with E-state index in [0.29, 0.717) is 0 Å². The third kappa shape index (κ3) is 11.1. The molecule has 0 aliphatic heterocycles. The first-order valence-electron chi connectivity index (χ1n) is 6.06. The van der Waals surface area contributed by atoms with Crippen LogP contribution in [0.5, 0.6) is 0 Å². The zero-order chi connectivity index (χ0) is 12.3. The molecule has 0 rings (SSSR count). The molecule has 0 aliphatic rings. The van der Waals surface area contributed by atoms with Gasteiger partial charge in [-0.2, -0.15) is 0 Å². The molecular formula is C15H28. The van der Waals surface area contributed by atoms with Crippen LogP contribution in [0.4, 0.5) is 0 Å². The molecule has 0 heteroatoms. The average molecular weight is 208 g/mol. The molecule has 0 saturated carbocycles. The van der Waals surface area contributed by atoms with E-state index in [9.17, 15) is 0 Å². The Morgan fingerprint density at radius 3 is 2.13 bits per heavy atom. The first kappa shape index (κ1) is 16.6. The first-order chi connectivity index (χ1) is 7.10. The number of rotatable bonds is 5. The van der Waals surface area contributed by atoms with Crippen LogP contribution < -0.4 is 0 Å². The predicted octanol–water partition coefficient (Wildman–Crippen LogP) is 5.53. The quantitative estimate of drug-likeness (QED) is 0.521. The van der Waals surface area contributed by atoms with Crippen LogP contribution in [-0.4, -0.2) is 0 Å². The lowest BCUT2D eigenvalue weighted by atomic mass is 10.0. The average Bonchev–Trinajstić information content (AvgIpc) is 2.26. The van der Waals surface area contributed by atoms with Crippen molar-refractivity contribution in [2.75, 3.05) is 0 Å². The summed E-state index contributed by atoms with van der Waals surface area (Å²) in [4.78, 5) is 0. The van der Waals surface area contributed by atoms with E-state index in [2.05, 4.69) is 46.4 Å². The lowest BCUT2D eigenvalue weighted by molar-refractivity contribution is 0.588. The summed E-state index contributed by atoms with van der Waals surface area (Å²) in [6, 6.07) is 0. The van der Waals surface area contributed by atoms with Crippen molar-refractivity contribution < 1.29 is 0 Å². The highest BCUT2D eigenvalue weighted by Gasteiger charge is 1.96. The fourth-order valence-electron chi connectivity index (χ4n) is 1.06. The molecule has 0 fully saturated rings. The van der Waals surface area contributed by atoms with Gasteiger partial charge in [-0.25, -0.2) is 0 Å². The fraction of sp³-hybridized carbons (Fsp3) is 0.600. The lowest BCUT2D eigenvalue weighted by Gasteiger charge is -2.05. The second-order valence-corrected chi connectivity index (χ2v) is 3.89. The van der Waals surface area contributed by atoms with Gasteiger partial charge in [0.25, 0.3) is 0 Å². The van der Waals surface area contributed by atoms with E-state index in [-0.39, 0.29) is 0 Å². The van der Waals surface area contributed by atoms with Crippen LogP contribution in [0.25, 0.3) is 0 Å². The molecule has 0 aromatic rings. The molecule has 0 N–H and O–H groups in total. The van der Waals surface area contributed by atoms with Crippen molar-refractivity contribution in [1.82, 2.24) is 0 Å². The van der Waals surface area contributed by atoms with Crippen LogP contribution >= 0.6 is 0 Å². The highest BCUT2D eigenvalue weighted by molar-refractivity contribution is 5.27. The summed E-state index contributed by atoms with van der Waals surface area (Å²) in [6.07, 6.45) is 8.70. The summed E-state index contributed by atoms with van der Waals surface area (Å²) < 4.78 is 0. The van der Waals surface area contributed by atoms with Crippen LogP contribution in [-0.2, 0) is 0 Å². The molecule has 0 bridgehead atoms. The van der Waals surface area contributed by atoms with E-state index in [0.717, 1.165) is 12.3 Å². The molecule has 0 aliphatic carbocycles. The van der Waals surface area contributed by atoms with Crippen LogP contribution in [0.3, 0.4) is 0 Å². The van der Waals surface area contributed by atoms with Crippen molar-refractivity contribution in [3.05, 3.63) is 36.0 Å². The number of hydrogen-bond acceptors (Lipinski definition) is 0. The van der Waals surface area contributed by atoms with Gasteiger partial charge in [0.1, 0.15) is 0 Å². The first-order valence-corrected chi connectivity index (χ1v) is 6.06. The Kier molecular flexibility index (Phi) is 12.5. The summed E-state index contributed by atoms with van der Waals surface area (Å²) >= 11 is 0. The van der Waals surface area contributed by atoms with Crippen molar-refractivity contribution >= 4 is 0 Å². The Labute approximate surface area is 96.8 Å². The van der Waals surface area contributed by atoms with Gasteiger partial charge in [0.15, 0.2) is 0 Å². The molecule has 15 heavy (non-hydrogen) atoms. The van der Waals surface area contributed by atoms with Gasteiger partial charge >= 0.3 is 0 Å². The third-order valence-corrected chi connectivity index (χ3v) is 2.14. The summed E-state index contributed by atoms with van der Waals surface area (Å²) in [6.45, 7) is 16.5. The second kappa shape index (κ2) is 11.3. The zero-order valence-electron chi connectivity index (χ0n) is 11.4. The summed E-state index contributed by atoms with van der Waals surface area (Å²) in [7, 11) is 0. The molecule has 0 aromatic heterocycles. The second-order valence-electron chi connectivity index (χ2n) is 3.89. The molecular weight excluding hydrogens is 180 g/mol. The van der Waals surface area contributed by atoms with Gasteiger partial charge in [0, 0.05) is 0 Å². The molecule has 0 heterocycles. The van der Waals surface area contributed by atoms with Gasteiger partial charge in [-0.3, -0.25) is 0 Å². The van der Waals surface area contributed by atoms with E-state index in [1.807, 2.05) is 19.9 Å². The number of hydrogen-bond donors (Lipinski definition) is 0. The molecule has 0 spiro atoms. The molecule has 0 unspecified atom stereocenters. The van der Waals surface area contributed by atoms with Crippen molar-refractivity contribution in [3.63, 3.8) is 0 Å². The van der Waals surface area contributed by atoms with E-state index in [4.69, 9.17) is 0 Å². The summed E-state index contributed by atoms with van der Waals surface area (Å²) in [5.74, 6) is 0.772. The fourth-order valence-corrected chi connectivity index (χ4v) is 1.06. The maximum Gasteiger partial charge on any atom is -0.0277 e. The normalized spacial score (nSPS) is 12.2. The largest absolute Gasteiger partial charge is 0.0988 e. The van der Waals surface area contributed by atoms with Gasteiger partial charge in [0.05, 0.1) is 0 Å². The van der Waals surface area contributed by atoms with Crippen LogP contribution in [0.1, 0.15) is 54.4 Å². The molecule has 88 valence electrons. The van der Waals surface area contributed by atoms with Gasteiger partial charge in [-0.05, 0) is 38.2 Å². The Morgan fingerprint density at radius 1 is 1.27 bits per heavy atom. The SMILES string of the molecule is C=C/C(=C\C(C)=C/C)CCC(C)C.CC. The zero-order valence-corrected chi connectivity index (χ0v) is 11.4. The van der Waals surface area contributed by atoms with Crippen LogP contribution in [0.2, 0.25) is 0 Å². The van der Waals surface area contributed by atoms with Gasteiger partial charge < -0.3 is 0 Å². The maximum absolute atomic E-state index is 3.83. The molecule has 0 radical (unpaired) electrons. The monoisotopic (exact) mass is 208 g/mol. The van der Waals surface area contributed by atoms with Crippen molar-refractivity contribution in [1.29, 1.82) is 0 Å². The summed E-state index contributed by atoms with van der Waals surface area (Å²) in [5.41, 5.74) is 2.67. The minimum atomic E-state index is 0.772. The Balaban J connectivity index is 0. The van der Waals surface area contributed by atoms with Gasteiger partial charge in [0.2, 0.25) is 0 Å². The molecule has 0 amide bonds. The minimum absolute atomic E-state index is 0.772.